The van der Waals surface area contributed by atoms with Gasteiger partial charge in [-0.15, -0.1) is 0 Å². The lowest BCUT2D eigenvalue weighted by Gasteiger charge is -2.33. The molecule has 202 valence electrons. The average Bonchev–Trinajstić information content (AvgIpc) is 3.39. The second-order valence-electron chi connectivity index (χ2n) is 11.1. The van der Waals surface area contributed by atoms with Crippen LogP contribution in [0.4, 0.5) is 4.39 Å². The molecule has 1 aromatic carbocycles. The maximum absolute atomic E-state index is 13.7. The van der Waals surface area contributed by atoms with E-state index in [1.165, 1.54) is 50.2 Å². The van der Waals surface area contributed by atoms with Gasteiger partial charge >= 0.3 is 5.97 Å². The lowest BCUT2D eigenvalue weighted by atomic mass is 9.77. The lowest BCUT2D eigenvalue weighted by molar-refractivity contribution is -0.149. The van der Waals surface area contributed by atoms with Crippen LogP contribution in [0.5, 0.6) is 0 Å². The Morgan fingerprint density at radius 2 is 1.72 bits per heavy atom. The Hall–Kier alpha value is -1.54. The van der Waals surface area contributed by atoms with Crippen LogP contribution < -0.4 is 0 Å². The molecule has 0 bridgehead atoms. The van der Waals surface area contributed by atoms with Gasteiger partial charge in [-0.2, -0.15) is 0 Å². The van der Waals surface area contributed by atoms with Gasteiger partial charge in [-0.05, 0) is 81.9 Å². The summed E-state index contributed by atoms with van der Waals surface area (Å²) in [5, 5.41) is -1.31. The van der Waals surface area contributed by atoms with E-state index in [2.05, 4.69) is 36.1 Å². The van der Waals surface area contributed by atoms with Gasteiger partial charge in [0.25, 0.3) is 0 Å². The first-order valence-electron chi connectivity index (χ1n) is 14.0. The van der Waals surface area contributed by atoms with Crippen molar-refractivity contribution in [3.63, 3.8) is 0 Å². The minimum Gasteiger partial charge on any atom is -0.451 e. The quantitative estimate of drug-likeness (QED) is 0.290. The largest absolute Gasteiger partial charge is 0.451 e. The van der Waals surface area contributed by atoms with Crippen molar-refractivity contribution in [1.82, 2.24) is 0 Å². The highest BCUT2D eigenvalue weighted by Gasteiger charge is 2.48. The Morgan fingerprint density at radius 3 is 2.17 bits per heavy atom. The predicted octanol–water partition coefficient (Wildman–Crippen LogP) is 8.57. The van der Waals surface area contributed by atoms with Gasteiger partial charge in [0.05, 0.1) is 0 Å². The first kappa shape index (κ1) is 30.7. The standard InChI is InChI=1S/C13H20FP.C12H16O3.C6H12/c1-4-6-11-7-8-12(13(3,14)15)9-10(11)5-2;1-8-10(9(2)13)12(15-11(8)14)6-4-3-5-7-12;1-6-4-2-3-5-6/h7-9H,4-6,15H2,1-3H3;3-7H2,1-2H3;6H,2-5H2,1H3. The summed E-state index contributed by atoms with van der Waals surface area (Å²) >= 11 is 0. The van der Waals surface area contributed by atoms with Crippen LogP contribution in [0.1, 0.15) is 122 Å². The molecular weight excluding hydrogens is 470 g/mol. The summed E-state index contributed by atoms with van der Waals surface area (Å²) in [6.45, 7) is 11.4. The number of aryl methyl sites for hydroxylation is 2. The Kier molecular flexibility index (Phi) is 11.8. The second-order valence-corrected chi connectivity index (χ2v) is 12.1. The SMILES string of the molecule is CC(=O)C1=C(C)C(=O)OC12CCCCC2.CC1CCCC1.CCCc1ccc(C(C)(F)P)cc1CC. The number of ether oxygens (including phenoxy) is 1. The molecule has 5 heteroatoms. The molecule has 36 heavy (non-hydrogen) atoms. The maximum atomic E-state index is 13.7. The third kappa shape index (κ3) is 8.23. The summed E-state index contributed by atoms with van der Waals surface area (Å²) in [5.41, 5.74) is 3.98. The number of carbonyl (C=O) groups excluding carboxylic acids is 2. The van der Waals surface area contributed by atoms with E-state index in [-0.39, 0.29) is 11.8 Å². The van der Waals surface area contributed by atoms with Crippen LogP contribution in [0, 0.1) is 5.92 Å². The summed E-state index contributed by atoms with van der Waals surface area (Å²) in [5.74, 6) is 0.729. The molecule has 2 unspecified atom stereocenters. The normalized spacial score (nSPS) is 20.7. The molecule has 0 saturated heterocycles. The summed E-state index contributed by atoms with van der Waals surface area (Å²) in [6.07, 6.45) is 14.0. The van der Waals surface area contributed by atoms with E-state index >= 15 is 0 Å². The zero-order valence-electron chi connectivity index (χ0n) is 23.5. The molecule has 0 radical (unpaired) electrons. The van der Waals surface area contributed by atoms with E-state index in [4.69, 9.17) is 4.74 Å². The van der Waals surface area contributed by atoms with Crippen LogP contribution in [-0.4, -0.2) is 17.4 Å². The minimum atomic E-state index is -1.31. The molecule has 1 aromatic rings. The van der Waals surface area contributed by atoms with Crippen molar-refractivity contribution >= 4 is 21.0 Å². The molecule has 4 rings (SSSR count). The number of rotatable bonds is 5. The summed E-state index contributed by atoms with van der Waals surface area (Å²) < 4.78 is 19.2. The van der Waals surface area contributed by atoms with E-state index < -0.39 is 11.0 Å². The summed E-state index contributed by atoms with van der Waals surface area (Å²) in [4.78, 5) is 23.1. The van der Waals surface area contributed by atoms with E-state index in [9.17, 15) is 14.0 Å². The van der Waals surface area contributed by atoms with Crippen molar-refractivity contribution in [2.75, 3.05) is 0 Å². The van der Waals surface area contributed by atoms with Gasteiger partial charge in [-0.1, -0.05) is 86.7 Å². The zero-order valence-corrected chi connectivity index (χ0v) is 24.6. The molecule has 0 amide bonds. The van der Waals surface area contributed by atoms with E-state index in [1.54, 1.807) is 13.8 Å². The van der Waals surface area contributed by atoms with E-state index in [0.29, 0.717) is 11.1 Å². The molecule has 2 saturated carbocycles. The fourth-order valence-electron chi connectivity index (χ4n) is 5.71. The fourth-order valence-corrected chi connectivity index (χ4v) is 5.89. The van der Waals surface area contributed by atoms with Crippen LogP contribution >= 0.6 is 9.24 Å². The van der Waals surface area contributed by atoms with Gasteiger partial charge < -0.3 is 4.74 Å². The molecule has 1 heterocycles. The third-order valence-electron chi connectivity index (χ3n) is 7.75. The average molecular weight is 519 g/mol. The van der Waals surface area contributed by atoms with Gasteiger partial charge in [-0.25, -0.2) is 9.18 Å². The zero-order chi connectivity index (χ0) is 26.9. The third-order valence-corrected chi connectivity index (χ3v) is 8.09. The molecular formula is C31H48FO3P. The van der Waals surface area contributed by atoms with Crippen molar-refractivity contribution < 1.29 is 18.7 Å². The second kappa shape index (κ2) is 13.8. The summed E-state index contributed by atoms with van der Waals surface area (Å²) in [6, 6.07) is 5.97. The van der Waals surface area contributed by atoms with Gasteiger partial charge in [0.2, 0.25) is 0 Å². The number of carbonyl (C=O) groups is 2. The number of hydrogen-bond donors (Lipinski definition) is 0. The Balaban J connectivity index is 0.000000207. The van der Waals surface area contributed by atoms with Crippen molar-refractivity contribution in [2.45, 2.75) is 130 Å². The van der Waals surface area contributed by atoms with Crippen LogP contribution in [0.15, 0.2) is 29.3 Å². The van der Waals surface area contributed by atoms with Gasteiger partial charge in [0, 0.05) is 11.1 Å². The highest BCUT2D eigenvalue weighted by molar-refractivity contribution is 7.18. The summed E-state index contributed by atoms with van der Waals surface area (Å²) in [7, 11) is 2.25. The fraction of sp³-hybridized carbons (Fsp3) is 0.677. The topological polar surface area (TPSA) is 43.4 Å². The number of alkyl halides is 1. The van der Waals surface area contributed by atoms with Crippen molar-refractivity contribution in [3.05, 3.63) is 46.0 Å². The molecule has 0 N–H and O–H groups in total. The van der Waals surface area contributed by atoms with Crippen molar-refractivity contribution in [3.8, 4) is 0 Å². The molecule has 3 nitrogen and oxygen atoms in total. The molecule has 2 atom stereocenters. The van der Waals surface area contributed by atoms with Gasteiger partial charge in [0.1, 0.15) is 11.0 Å². The van der Waals surface area contributed by atoms with Crippen LogP contribution in [-0.2, 0) is 32.6 Å². The smallest absolute Gasteiger partial charge is 0.335 e. The minimum absolute atomic E-state index is 0.0137. The van der Waals surface area contributed by atoms with E-state index in [1.807, 2.05) is 12.1 Å². The molecule has 1 aliphatic heterocycles. The Labute approximate surface area is 221 Å². The highest BCUT2D eigenvalue weighted by Crippen LogP contribution is 2.44. The van der Waals surface area contributed by atoms with Crippen molar-refractivity contribution in [2.24, 2.45) is 5.92 Å². The number of esters is 1. The number of Topliss-reactive ketones (excluding diaryl/α,β-unsaturated/α-hetero) is 1. The molecule has 3 aliphatic rings. The molecule has 2 aliphatic carbocycles. The number of benzene rings is 1. The number of halogens is 1. The Morgan fingerprint density at radius 1 is 1.11 bits per heavy atom. The monoisotopic (exact) mass is 518 g/mol. The Bertz CT molecular complexity index is 916. The van der Waals surface area contributed by atoms with E-state index in [0.717, 1.165) is 56.4 Å². The van der Waals surface area contributed by atoms with Gasteiger partial charge in [0.15, 0.2) is 5.78 Å². The lowest BCUT2D eigenvalue weighted by Crippen LogP contribution is -2.36. The first-order valence-corrected chi connectivity index (χ1v) is 14.6. The van der Waals surface area contributed by atoms with Gasteiger partial charge in [-0.3, -0.25) is 4.79 Å². The first-order chi connectivity index (χ1) is 16.9. The molecule has 1 spiro atoms. The number of hydrogen-bond acceptors (Lipinski definition) is 3. The van der Waals surface area contributed by atoms with Crippen molar-refractivity contribution in [1.29, 1.82) is 0 Å². The number of ketones is 1. The van der Waals surface area contributed by atoms with Crippen LogP contribution in [0.3, 0.4) is 0 Å². The van der Waals surface area contributed by atoms with Crippen LogP contribution in [0.2, 0.25) is 0 Å². The van der Waals surface area contributed by atoms with Crippen LogP contribution in [0.25, 0.3) is 0 Å². The maximum Gasteiger partial charge on any atom is 0.335 e. The molecule has 2 fully saturated rings. The highest BCUT2D eigenvalue weighted by atomic mass is 31.0. The molecule has 0 aromatic heterocycles. The predicted molar refractivity (Wildman–Crippen MR) is 151 cm³/mol.